The fourth-order valence-electron chi connectivity index (χ4n) is 3.25. The highest BCUT2D eigenvalue weighted by Gasteiger charge is 2.43. The van der Waals surface area contributed by atoms with E-state index >= 15 is 0 Å². The van der Waals surface area contributed by atoms with E-state index < -0.39 is 8.32 Å². The zero-order chi connectivity index (χ0) is 16.1. The third kappa shape index (κ3) is 4.97. The van der Waals surface area contributed by atoms with Crippen molar-refractivity contribution in [2.45, 2.75) is 73.9 Å². The van der Waals surface area contributed by atoms with Crippen LogP contribution in [0.2, 0.25) is 19.6 Å². The molecule has 2 rings (SSSR count). The van der Waals surface area contributed by atoms with Crippen LogP contribution in [0.15, 0.2) is 35.2 Å². The Hall–Kier alpha value is -0.583. The van der Waals surface area contributed by atoms with Crippen molar-refractivity contribution < 1.29 is 9.22 Å². The molecular formula is C18H28O2SSi. The molecule has 2 nitrogen and oxygen atoms in total. The Labute approximate surface area is 140 Å². The summed E-state index contributed by atoms with van der Waals surface area (Å²) in [6.45, 7) is 6.65. The summed E-state index contributed by atoms with van der Waals surface area (Å²) >= 11 is 1.94. The second kappa shape index (κ2) is 7.80. The second-order valence-corrected chi connectivity index (χ2v) is 13.1. The fraction of sp³-hybridized carbons (Fsp3) is 0.611. The van der Waals surface area contributed by atoms with Gasteiger partial charge in [-0.3, -0.25) is 0 Å². The quantitative estimate of drug-likeness (QED) is 0.500. The molecule has 4 heteroatoms. The summed E-state index contributed by atoms with van der Waals surface area (Å²) in [6, 6.07) is 10.6. The molecule has 0 saturated heterocycles. The molecule has 0 amide bonds. The topological polar surface area (TPSA) is 26.3 Å². The second-order valence-electron chi connectivity index (χ2n) is 7.16. The van der Waals surface area contributed by atoms with Crippen molar-refractivity contribution in [3.63, 3.8) is 0 Å². The zero-order valence-electron chi connectivity index (χ0n) is 14.0. The van der Waals surface area contributed by atoms with Gasteiger partial charge in [0.15, 0.2) is 8.32 Å². The molecule has 0 N–H and O–H groups in total. The highest BCUT2D eigenvalue weighted by Crippen LogP contribution is 2.48. The average molecular weight is 337 g/mol. The first kappa shape index (κ1) is 17.8. The predicted molar refractivity (Wildman–Crippen MR) is 97.0 cm³/mol. The largest absolute Gasteiger partial charge is 0.413 e. The van der Waals surface area contributed by atoms with Crippen molar-refractivity contribution in [3.05, 3.63) is 30.3 Å². The van der Waals surface area contributed by atoms with Gasteiger partial charge in [0, 0.05) is 16.1 Å². The predicted octanol–water partition coefficient (Wildman–Crippen LogP) is 5.29. The van der Waals surface area contributed by atoms with Crippen molar-refractivity contribution >= 4 is 26.4 Å². The summed E-state index contributed by atoms with van der Waals surface area (Å²) in [5, 5.41) is 0. The van der Waals surface area contributed by atoms with Crippen molar-refractivity contribution in [1.82, 2.24) is 0 Å². The number of thioether (sulfide) groups is 1. The number of rotatable bonds is 7. The standard InChI is InChI=1S/C18H28O2SSi/c1-22(2,3)20-17(12-15-19)18(13-8-5-9-14-18)21-16-10-6-4-7-11-16/h4,6-7,10-11,15,17H,5,8-9,12-14H2,1-3H3. The number of carbonyl (C=O) groups is 1. The molecule has 1 fully saturated rings. The van der Waals surface area contributed by atoms with Gasteiger partial charge in [-0.05, 0) is 44.6 Å². The minimum atomic E-state index is -1.68. The molecule has 0 aromatic heterocycles. The average Bonchev–Trinajstić information content (AvgIpc) is 2.47. The normalized spacial score (nSPS) is 19.6. The summed E-state index contributed by atoms with van der Waals surface area (Å²) in [5.74, 6) is 0. The summed E-state index contributed by atoms with van der Waals surface area (Å²) < 4.78 is 6.54. The molecule has 1 unspecified atom stereocenters. The lowest BCUT2D eigenvalue weighted by molar-refractivity contribution is -0.109. The molecule has 0 aliphatic heterocycles. The number of hydrogen-bond acceptors (Lipinski definition) is 3. The van der Waals surface area contributed by atoms with E-state index in [2.05, 4.69) is 50.0 Å². The summed E-state index contributed by atoms with van der Waals surface area (Å²) in [7, 11) is -1.68. The summed E-state index contributed by atoms with van der Waals surface area (Å²) in [4.78, 5) is 12.6. The monoisotopic (exact) mass is 336 g/mol. The maximum atomic E-state index is 11.3. The molecule has 1 aliphatic rings. The van der Waals surface area contributed by atoms with E-state index in [0.717, 1.165) is 19.1 Å². The van der Waals surface area contributed by atoms with Crippen LogP contribution >= 0.6 is 11.8 Å². The van der Waals surface area contributed by atoms with E-state index in [-0.39, 0.29) is 10.9 Å². The fourth-order valence-corrected chi connectivity index (χ4v) is 6.04. The van der Waals surface area contributed by atoms with E-state index in [0.29, 0.717) is 6.42 Å². The minimum Gasteiger partial charge on any atom is -0.413 e. The van der Waals surface area contributed by atoms with Crippen LogP contribution in [-0.2, 0) is 9.22 Å². The first-order valence-electron chi connectivity index (χ1n) is 8.31. The molecule has 122 valence electrons. The van der Waals surface area contributed by atoms with Crippen molar-refractivity contribution in [3.8, 4) is 0 Å². The first-order valence-corrected chi connectivity index (χ1v) is 12.5. The van der Waals surface area contributed by atoms with E-state index in [4.69, 9.17) is 4.43 Å². The van der Waals surface area contributed by atoms with Gasteiger partial charge >= 0.3 is 0 Å². The van der Waals surface area contributed by atoms with E-state index in [1.807, 2.05) is 11.8 Å². The van der Waals surface area contributed by atoms with Gasteiger partial charge in [0.1, 0.15) is 6.29 Å². The summed E-state index contributed by atoms with van der Waals surface area (Å²) in [5.41, 5.74) is 0. The molecule has 1 aromatic rings. The van der Waals surface area contributed by atoms with Gasteiger partial charge in [-0.2, -0.15) is 0 Å². The maximum Gasteiger partial charge on any atom is 0.184 e. The molecule has 1 atom stereocenters. The van der Waals surface area contributed by atoms with Crippen LogP contribution in [0.4, 0.5) is 0 Å². The lowest BCUT2D eigenvalue weighted by Crippen LogP contribution is -2.47. The van der Waals surface area contributed by atoms with Gasteiger partial charge in [-0.25, -0.2) is 0 Å². The van der Waals surface area contributed by atoms with E-state index in [1.54, 1.807) is 0 Å². The van der Waals surface area contributed by atoms with Crippen LogP contribution in [0.25, 0.3) is 0 Å². The van der Waals surface area contributed by atoms with Crippen LogP contribution in [0, 0.1) is 0 Å². The van der Waals surface area contributed by atoms with Crippen LogP contribution in [0.5, 0.6) is 0 Å². The van der Waals surface area contributed by atoms with E-state index in [1.165, 1.54) is 24.2 Å². The van der Waals surface area contributed by atoms with Gasteiger partial charge in [-0.15, -0.1) is 11.8 Å². The molecular weight excluding hydrogens is 308 g/mol. The van der Waals surface area contributed by atoms with Crippen LogP contribution in [0.3, 0.4) is 0 Å². The van der Waals surface area contributed by atoms with Gasteiger partial charge in [0.05, 0.1) is 6.10 Å². The lowest BCUT2D eigenvalue weighted by atomic mass is 9.83. The Morgan fingerprint density at radius 1 is 1.18 bits per heavy atom. The highest BCUT2D eigenvalue weighted by atomic mass is 32.2. The Balaban J connectivity index is 2.26. The number of hydrogen-bond donors (Lipinski definition) is 0. The molecule has 0 heterocycles. The molecule has 22 heavy (non-hydrogen) atoms. The molecule has 0 spiro atoms. The van der Waals surface area contributed by atoms with Gasteiger partial charge in [0.2, 0.25) is 0 Å². The van der Waals surface area contributed by atoms with Crippen LogP contribution < -0.4 is 0 Å². The zero-order valence-corrected chi connectivity index (χ0v) is 15.8. The first-order chi connectivity index (χ1) is 10.5. The maximum absolute atomic E-state index is 11.3. The minimum absolute atomic E-state index is 0.0437. The molecule has 0 radical (unpaired) electrons. The number of aldehydes is 1. The molecule has 1 aliphatic carbocycles. The molecule has 0 bridgehead atoms. The highest BCUT2D eigenvalue weighted by molar-refractivity contribution is 8.00. The summed E-state index contributed by atoms with van der Waals surface area (Å²) in [6.07, 6.45) is 7.69. The Kier molecular flexibility index (Phi) is 6.30. The lowest BCUT2D eigenvalue weighted by Gasteiger charge is -2.44. The van der Waals surface area contributed by atoms with Crippen molar-refractivity contribution in [2.24, 2.45) is 0 Å². The van der Waals surface area contributed by atoms with Crippen LogP contribution in [-0.4, -0.2) is 25.5 Å². The van der Waals surface area contributed by atoms with Gasteiger partial charge in [0.25, 0.3) is 0 Å². The molecule has 1 aromatic carbocycles. The van der Waals surface area contributed by atoms with Gasteiger partial charge < -0.3 is 9.22 Å². The number of carbonyl (C=O) groups excluding carboxylic acids is 1. The molecule has 1 saturated carbocycles. The Morgan fingerprint density at radius 2 is 1.82 bits per heavy atom. The SMILES string of the molecule is C[Si](C)(C)OC(CC=O)C1(Sc2ccccc2)CCCCC1. The third-order valence-corrected chi connectivity index (χ3v) is 6.73. The third-order valence-electron chi connectivity index (χ3n) is 4.16. The number of benzene rings is 1. The smallest absolute Gasteiger partial charge is 0.184 e. The van der Waals surface area contributed by atoms with Crippen molar-refractivity contribution in [2.75, 3.05) is 0 Å². The van der Waals surface area contributed by atoms with E-state index in [9.17, 15) is 4.79 Å². The van der Waals surface area contributed by atoms with Crippen molar-refractivity contribution in [1.29, 1.82) is 0 Å². The Morgan fingerprint density at radius 3 is 2.36 bits per heavy atom. The Bertz CT molecular complexity index is 464. The van der Waals surface area contributed by atoms with Crippen LogP contribution in [0.1, 0.15) is 38.5 Å². The van der Waals surface area contributed by atoms with Gasteiger partial charge in [-0.1, -0.05) is 37.5 Å².